The number of fused-ring (bicyclic) bond motifs is 1. The van der Waals surface area contributed by atoms with E-state index in [0.29, 0.717) is 13.0 Å². The quantitative estimate of drug-likeness (QED) is 0.754. The Morgan fingerprint density at radius 2 is 2.14 bits per heavy atom. The van der Waals surface area contributed by atoms with Gasteiger partial charge in [0.05, 0.1) is 0 Å². The van der Waals surface area contributed by atoms with Crippen molar-refractivity contribution >= 4 is 16.8 Å². The lowest BCUT2D eigenvalue weighted by Gasteiger charge is -2.05. The lowest BCUT2D eigenvalue weighted by Crippen LogP contribution is -2.23. The van der Waals surface area contributed by atoms with E-state index in [4.69, 9.17) is 0 Å². The monoisotopic (exact) mass is 279 g/mol. The van der Waals surface area contributed by atoms with E-state index >= 15 is 0 Å². The third-order valence-electron chi connectivity index (χ3n) is 3.47. The Kier molecular flexibility index (Phi) is 3.96. The van der Waals surface area contributed by atoms with Crippen molar-refractivity contribution in [2.75, 3.05) is 0 Å². The molecule has 106 valence electrons. The molecule has 0 saturated carbocycles. The molecule has 2 N–H and O–H groups in total. The number of hydrogen-bond donors (Lipinski definition) is 2. The van der Waals surface area contributed by atoms with Crippen molar-refractivity contribution in [3.8, 4) is 0 Å². The van der Waals surface area contributed by atoms with Gasteiger partial charge in [-0.3, -0.25) is 9.78 Å². The number of nitrogens with one attached hydrogen (secondary N) is 2. The molecule has 0 spiro atoms. The van der Waals surface area contributed by atoms with Crippen molar-refractivity contribution in [1.29, 1.82) is 0 Å². The summed E-state index contributed by atoms with van der Waals surface area (Å²) in [6, 6.07) is 12.1. The maximum absolute atomic E-state index is 11.9. The van der Waals surface area contributed by atoms with E-state index in [0.717, 1.165) is 17.5 Å². The first-order chi connectivity index (χ1) is 10.3. The van der Waals surface area contributed by atoms with Gasteiger partial charge in [0.15, 0.2) is 0 Å². The summed E-state index contributed by atoms with van der Waals surface area (Å²) in [4.78, 5) is 19.1. The second-order valence-electron chi connectivity index (χ2n) is 5.04. The number of benzene rings is 1. The molecule has 0 aliphatic heterocycles. The zero-order chi connectivity index (χ0) is 14.5. The van der Waals surface area contributed by atoms with Crippen LogP contribution in [-0.2, 0) is 17.8 Å². The smallest absolute Gasteiger partial charge is 0.220 e. The highest BCUT2D eigenvalue weighted by Gasteiger charge is 2.03. The van der Waals surface area contributed by atoms with Crippen molar-refractivity contribution < 1.29 is 4.79 Å². The fourth-order valence-corrected chi connectivity index (χ4v) is 2.31. The maximum Gasteiger partial charge on any atom is 0.220 e. The van der Waals surface area contributed by atoms with Crippen LogP contribution in [0, 0.1) is 0 Å². The second-order valence-corrected chi connectivity index (χ2v) is 5.04. The molecule has 2 heterocycles. The van der Waals surface area contributed by atoms with Gasteiger partial charge in [0.25, 0.3) is 0 Å². The van der Waals surface area contributed by atoms with Crippen LogP contribution in [0.25, 0.3) is 10.9 Å². The van der Waals surface area contributed by atoms with Crippen LogP contribution in [0.3, 0.4) is 0 Å². The summed E-state index contributed by atoms with van der Waals surface area (Å²) < 4.78 is 0. The lowest BCUT2D eigenvalue weighted by molar-refractivity contribution is -0.121. The molecule has 4 nitrogen and oxygen atoms in total. The first-order valence-corrected chi connectivity index (χ1v) is 7.03. The summed E-state index contributed by atoms with van der Waals surface area (Å²) in [7, 11) is 0. The third-order valence-corrected chi connectivity index (χ3v) is 3.47. The summed E-state index contributed by atoms with van der Waals surface area (Å²) >= 11 is 0. The number of rotatable bonds is 5. The van der Waals surface area contributed by atoms with Crippen molar-refractivity contribution in [3.05, 3.63) is 66.1 Å². The number of pyridine rings is 1. The molecule has 0 aliphatic rings. The predicted octanol–water partition coefficient (Wildman–Crippen LogP) is 2.81. The Bertz CT molecular complexity index is 734. The molecule has 1 amide bonds. The van der Waals surface area contributed by atoms with Gasteiger partial charge in [-0.1, -0.05) is 12.1 Å². The van der Waals surface area contributed by atoms with Crippen molar-refractivity contribution in [3.63, 3.8) is 0 Å². The molecule has 0 bridgehead atoms. The Labute approximate surface area is 123 Å². The van der Waals surface area contributed by atoms with Gasteiger partial charge in [0.1, 0.15) is 0 Å². The van der Waals surface area contributed by atoms with Gasteiger partial charge in [-0.15, -0.1) is 0 Å². The first-order valence-electron chi connectivity index (χ1n) is 7.03. The lowest BCUT2D eigenvalue weighted by atomic mass is 10.1. The first kappa shape index (κ1) is 13.4. The minimum Gasteiger partial charge on any atom is -0.361 e. The molecule has 0 saturated heterocycles. The van der Waals surface area contributed by atoms with Gasteiger partial charge < -0.3 is 10.3 Å². The average Bonchev–Trinajstić information content (AvgIpc) is 2.99. The van der Waals surface area contributed by atoms with Gasteiger partial charge in [-0.05, 0) is 47.2 Å². The molecule has 3 rings (SSSR count). The molecular weight excluding hydrogens is 262 g/mol. The number of aromatic nitrogens is 2. The number of H-pyrrole nitrogens is 1. The highest BCUT2D eigenvalue weighted by Crippen LogP contribution is 2.15. The summed E-state index contributed by atoms with van der Waals surface area (Å²) in [5.41, 5.74) is 3.32. The number of aromatic amines is 1. The SMILES string of the molecule is O=C(CCc1ccc2[nH]ccc2c1)NCc1cccnc1. The van der Waals surface area contributed by atoms with E-state index in [1.54, 1.807) is 12.4 Å². The Balaban J connectivity index is 1.51. The van der Waals surface area contributed by atoms with Crippen LogP contribution in [0.2, 0.25) is 0 Å². The molecular formula is C17H17N3O. The number of carbonyl (C=O) groups excluding carboxylic acids is 1. The number of amides is 1. The molecule has 0 fully saturated rings. The molecule has 0 unspecified atom stereocenters. The van der Waals surface area contributed by atoms with Crippen LogP contribution < -0.4 is 5.32 Å². The molecule has 0 aliphatic carbocycles. The van der Waals surface area contributed by atoms with Crippen LogP contribution >= 0.6 is 0 Å². The topological polar surface area (TPSA) is 57.8 Å². The minimum atomic E-state index is 0.0630. The molecule has 0 atom stereocenters. The fraction of sp³-hybridized carbons (Fsp3) is 0.176. The van der Waals surface area contributed by atoms with Crippen LogP contribution in [0.4, 0.5) is 0 Å². The van der Waals surface area contributed by atoms with E-state index in [1.807, 2.05) is 24.4 Å². The van der Waals surface area contributed by atoms with E-state index in [-0.39, 0.29) is 5.91 Å². The summed E-state index contributed by atoms with van der Waals surface area (Å²) in [5, 5.41) is 4.10. The summed E-state index contributed by atoms with van der Waals surface area (Å²) in [6.07, 6.45) is 6.66. The molecule has 2 aromatic heterocycles. The van der Waals surface area contributed by atoms with E-state index in [9.17, 15) is 4.79 Å². The van der Waals surface area contributed by atoms with Gasteiger partial charge in [-0.25, -0.2) is 0 Å². The molecule has 21 heavy (non-hydrogen) atoms. The largest absolute Gasteiger partial charge is 0.361 e. The van der Waals surface area contributed by atoms with Gasteiger partial charge in [-0.2, -0.15) is 0 Å². The molecule has 3 aromatic rings. The van der Waals surface area contributed by atoms with E-state index < -0.39 is 0 Å². The van der Waals surface area contributed by atoms with Crippen LogP contribution in [-0.4, -0.2) is 15.9 Å². The van der Waals surface area contributed by atoms with Gasteiger partial charge in [0, 0.05) is 37.1 Å². The highest BCUT2D eigenvalue weighted by atomic mass is 16.1. The second kappa shape index (κ2) is 6.22. The Morgan fingerprint density at radius 1 is 1.19 bits per heavy atom. The Morgan fingerprint density at radius 3 is 3.00 bits per heavy atom. The zero-order valence-corrected chi connectivity index (χ0v) is 11.7. The zero-order valence-electron chi connectivity index (χ0n) is 11.7. The summed E-state index contributed by atoms with van der Waals surface area (Å²) in [6.45, 7) is 0.531. The minimum absolute atomic E-state index is 0.0630. The number of nitrogens with zero attached hydrogens (tertiary/aromatic N) is 1. The Hall–Kier alpha value is -2.62. The van der Waals surface area contributed by atoms with Gasteiger partial charge in [0.2, 0.25) is 5.91 Å². The molecule has 4 heteroatoms. The third kappa shape index (κ3) is 3.48. The number of hydrogen-bond acceptors (Lipinski definition) is 2. The van der Waals surface area contributed by atoms with Crippen molar-refractivity contribution in [2.45, 2.75) is 19.4 Å². The number of aryl methyl sites for hydroxylation is 1. The molecule has 0 radical (unpaired) electrons. The van der Waals surface area contributed by atoms with Crippen molar-refractivity contribution in [2.24, 2.45) is 0 Å². The fourth-order valence-electron chi connectivity index (χ4n) is 2.31. The van der Waals surface area contributed by atoms with Crippen LogP contribution in [0.15, 0.2) is 55.0 Å². The normalized spacial score (nSPS) is 10.7. The highest BCUT2D eigenvalue weighted by molar-refractivity contribution is 5.80. The standard InChI is InChI=1S/C17H17N3O/c21-17(20-12-14-2-1-8-18-11-14)6-4-13-3-5-16-15(10-13)7-9-19-16/h1-3,5,7-11,19H,4,6,12H2,(H,20,21). The van der Waals surface area contributed by atoms with E-state index in [1.165, 1.54) is 10.9 Å². The summed E-state index contributed by atoms with van der Waals surface area (Å²) in [5.74, 6) is 0.0630. The average molecular weight is 279 g/mol. The molecule has 1 aromatic carbocycles. The number of carbonyl (C=O) groups is 1. The van der Waals surface area contributed by atoms with Gasteiger partial charge >= 0.3 is 0 Å². The van der Waals surface area contributed by atoms with E-state index in [2.05, 4.69) is 33.5 Å². The maximum atomic E-state index is 11.9. The van der Waals surface area contributed by atoms with Crippen LogP contribution in [0.5, 0.6) is 0 Å². The predicted molar refractivity (Wildman–Crippen MR) is 82.7 cm³/mol. The van der Waals surface area contributed by atoms with Crippen LogP contribution in [0.1, 0.15) is 17.5 Å². The van der Waals surface area contributed by atoms with Crippen molar-refractivity contribution in [1.82, 2.24) is 15.3 Å².